The van der Waals surface area contributed by atoms with Gasteiger partial charge in [0.05, 0.1) is 6.54 Å². The fourth-order valence-electron chi connectivity index (χ4n) is 1.78. The van der Waals surface area contributed by atoms with Gasteiger partial charge in [-0.05, 0) is 37.6 Å². The first kappa shape index (κ1) is 13.4. The number of halogens is 1. The van der Waals surface area contributed by atoms with E-state index in [1.165, 1.54) is 12.1 Å². The molecule has 0 radical (unpaired) electrons. The van der Waals surface area contributed by atoms with Crippen molar-refractivity contribution < 1.29 is 9.13 Å². The van der Waals surface area contributed by atoms with Crippen molar-refractivity contribution in [2.75, 3.05) is 11.9 Å². The Morgan fingerprint density at radius 3 is 2.63 bits per heavy atom. The van der Waals surface area contributed by atoms with Gasteiger partial charge in [-0.15, -0.1) is 0 Å². The van der Waals surface area contributed by atoms with Crippen LogP contribution in [0.3, 0.4) is 0 Å². The predicted octanol–water partition coefficient (Wildman–Crippen LogP) is 4.01. The largest absolute Gasteiger partial charge is 0.489 e. The van der Waals surface area contributed by atoms with Gasteiger partial charge in [-0.3, -0.25) is 0 Å². The van der Waals surface area contributed by atoms with E-state index in [1.807, 2.05) is 44.2 Å². The Morgan fingerprint density at radius 1 is 1.16 bits per heavy atom. The number of hydrogen-bond donors (Lipinski definition) is 1. The molecule has 0 amide bonds. The maximum absolute atomic E-state index is 13.2. The summed E-state index contributed by atoms with van der Waals surface area (Å²) in [6.45, 7) is 4.53. The average Bonchev–Trinajstić information content (AvgIpc) is 2.42. The molecule has 0 saturated carbocycles. The third-order valence-electron chi connectivity index (χ3n) is 2.85. The Kier molecular flexibility index (Phi) is 4.39. The van der Waals surface area contributed by atoms with Gasteiger partial charge in [0.2, 0.25) is 0 Å². The molecule has 3 heteroatoms. The zero-order valence-corrected chi connectivity index (χ0v) is 11.2. The Balaban J connectivity index is 1.90. The van der Waals surface area contributed by atoms with Crippen LogP contribution in [0.2, 0.25) is 0 Å². The van der Waals surface area contributed by atoms with Crippen molar-refractivity contribution in [2.24, 2.45) is 0 Å². The lowest BCUT2D eigenvalue weighted by molar-refractivity contribution is 0.232. The van der Waals surface area contributed by atoms with Crippen molar-refractivity contribution in [1.29, 1.82) is 0 Å². The Labute approximate surface area is 113 Å². The summed E-state index contributed by atoms with van der Waals surface area (Å²) in [6, 6.07) is 14.5. The highest BCUT2D eigenvalue weighted by atomic mass is 19.1. The van der Waals surface area contributed by atoms with Gasteiger partial charge in [-0.1, -0.05) is 24.3 Å². The Bertz CT molecular complexity index is 528. The molecule has 1 atom stereocenters. The number of aryl methyl sites for hydroxylation is 1. The second-order valence-electron chi connectivity index (χ2n) is 4.59. The minimum Gasteiger partial charge on any atom is -0.489 e. The number of anilines is 1. The summed E-state index contributed by atoms with van der Waals surface area (Å²) in [7, 11) is 0. The van der Waals surface area contributed by atoms with Crippen LogP contribution in [0.5, 0.6) is 5.75 Å². The molecule has 0 aliphatic rings. The fraction of sp³-hybridized carbons (Fsp3) is 0.250. The quantitative estimate of drug-likeness (QED) is 0.875. The van der Waals surface area contributed by atoms with Gasteiger partial charge in [-0.2, -0.15) is 0 Å². The third kappa shape index (κ3) is 3.98. The van der Waals surface area contributed by atoms with Crippen molar-refractivity contribution in [2.45, 2.75) is 20.0 Å². The molecular formula is C16H18FNO. The fourth-order valence-corrected chi connectivity index (χ4v) is 1.78. The van der Waals surface area contributed by atoms with Crippen LogP contribution in [-0.4, -0.2) is 12.6 Å². The molecule has 0 bridgehead atoms. The van der Waals surface area contributed by atoms with Crippen LogP contribution in [0.25, 0.3) is 0 Å². The molecule has 0 aliphatic carbocycles. The SMILES string of the molecule is Cc1ccc(F)cc1OC(C)CNc1ccccc1. The van der Waals surface area contributed by atoms with Crippen molar-refractivity contribution in [3.05, 3.63) is 59.9 Å². The minimum absolute atomic E-state index is 0.0410. The molecule has 0 saturated heterocycles. The summed E-state index contributed by atoms with van der Waals surface area (Å²) in [5.74, 6) is 0.325. The molecule has 0 spiro atoms. The normalized spacial score (nSPS) is 11.9. The standard InChI is InChI=1S/C16H18FNO/c1-12-8-9-14(17)10-16(12)19-13(2)11-18-15-6-4-3-5-7-15/h3-10,13,18H,11H2,1-2H3. The zero-order valence-electron chi connectivity index (χ0n) is 11.2. The monoisotopic (exact) mass is 259 g/mol. The van der Waals surface area contributed by atoms with E-state index in [9.17, 15) is 4.39 Å². The molecular weight excluding hydrogens is 241 g/mol. The van der Waals surface area contributed by atoms with Crippen LogP contribution < -0.4 is 10.1 Å². The summed E-state index contributed by atoms with van der Waals surface area (Å²) < 4.78 is 18.9. The van der Waals surface area contributed by atoms with E-state index in [2.05, 4.69) is 5.32 Å². The van der Waals surface area contributed by atoms with Crippen molar-refractivity contribution in [1.82, 2.24) is 0 Å². The first-order chi connectivity index (χ1) is 9.15. The van der Waals surface area contributed by atoms with Gasteiger partial charge in [0.15, 0.2) is 0 Å². The lowest BCUT2D eigenvalue weighted by Crippen LogP contribution is -2.23. The second kappa shape index (κ2) is 6.23. The number of nitrogens with one attached hydrogen (secondary N) is 1. The van der Waals surface area contributed by atoms with Gasteiger partial charge < -0.3 is 10.1 Å². The maximum Gasteiger partial charge on any atom is 0.126 e. The third-order valence-corrected chi connectivity index (χ3v) is 2.85. The number of rotatable bonds is 5. The van der Waals surface area contributed by atoms with Crippen molar-refractivity contribution in [3.63, 3.8) is 0 Å². The number of hydrogen-bond acceptors (Lipinski definition) is 2. The van der Waals surface area contributed by atoms with E-state index in [1.54, 1.807) is 6.07 Å². The molecule has 1 N–H and O–H groups in total. The molecule has 0 aromatic heterocycles. The number of para-hydroxylation sites is 1. The summed E-state index contributed by atoms with van der Waals surface area (Å²) in [4.78, 5) is 0. The minimum atomic E-state index is -0.274. The van der Waals surface area contributed by atoms with E-state index in [0.29, 0.717) is 12.3 Å². The molecule has 2 rings (SSSR count). The predicted molar refractivity (Wildman–Crippen MR) is 76.2 cm³/mol. The zero-order chi connectivity index (χ0) is 13.7. The Hall–Kier alpha value is -2.03. The lowest BCUT2D eigenvalue weighted by Gasteiger charge is -2.17. The van der Waals surface area contributed by atoms with E-state index in [4.69, 9.17) is 4.74 Å². The lowest BCUT2D eigenvalue weighted by atomic mass is 10.2. The highest BCUT2D eigenvalue weighted by molar-refractivity contribution is 5.42. The number of ether oxygens (including phenoxy) is 1. The molecule has 2 nitrogen and oxygen atoms in total. The summed E-state index contributed by atoms with van der Waals surface area (Å²) in [5, 5.41) is 3.28. The van der Waals surface area contributed by atoms with Crippen molar-refractivity contribution in [3.8, 4) is 5.75 Å². The molecule has 2 aromatic rings. The van der Waals surface area contributed by atoms with Gasteiger partial charge in [0, 0.05) is 11.8 Å². The van der Waals surface area contributed by atoms with Crippen molar-refractivity contribution >= 4 is 5.69 Å². The first-order valence-corrected chi connectivity index (χ1v) is 6.37. The van der Waals surface area contributed by atoms with E-state index in [-0.39, 0.29) is 11.9 Å². The van der Waals surface area contributed by atoms with Crippen LogP contribution in [0.4, 0.5) is 10.1 Å². The summed E-state index contributed by atoms with van der Waals surface area (Å²) in [5.41, 5.74) is 1.99. The molecule has 0 aliphatic heterocycles. The maximum atomic E-state index is 13.2. The Morgan fingerprint density at radius 2 is 1.89 bits per heavy atom. The van der Waals surface area contributed by atoms with E-state index >= 15 is 0 Å². The smallest absolute Gasteiger partial charge is 0.126 e. The highest BCUT2D eigenvalue weighted by Gasteiger charge is 2.07. The highest BCUT2D eigenvalue weighted by Crippen LogP contribution is 2.20. The number of benzene rings is 2. The van der Waals surface area contributed by atoms with Crippen LogP contribution in [0.15, 0.2) is 48.5 Å². The van der Waals surface area contributed by atoms with Crippen LogP contribution in [0.1, 0.15) is 12.5 Å². The summed E-state index contributed by atoms with van der Waals surface area (Å²) >= 11 is 0. The van der Waals surface area contributed by atoms with Gasteiger partial charge in [0.25, 0.3) is 0 Å². The van der Waals surface area contributed by atoms with Gasteiger partial charge >= 0.3 is 0 Å². The van der Waals surface area contributed by atoms with Crippen LogP contribution in [-0.2, 0) is 0 Å². The molecule has 100 valence electrons. The first-order valence-electron chi connectivity index (χ1n) is 6.37. The van der Waals surface area contributed by atoms with Gasteiger partial charge in [0.1, 0.15) is 17.7 Å². The van der Waals surface area contributed by atoms with E-state index in [0.717, 1.165) is 11.3 Å². The van der Waals surface area contributed by atoms with Gasteiger partial charge in [-0.25, -0.2) is 4.39 Å². The molecule has 19 heavy (non-hydrogen) atoms. The second-order valence-corrected chi connectivity index (χ2v) is 4.59. The molecule has 1 unspecified atom stereocenters. The van der Waals surface area contributed by atoms with Crippen LogP contribution >= 0.6 is 0 Å². The average molecular weight is 259 g/mol. The van der Waals surface area contributed by atoms with Crippen LogP contribution in [0, 0.1) is 12.7 Å². The molecule has 0 fully saturated rings. The topological polar surface area (TPSA) is 21.3 Å². The summed E-state index contributed by atoms with van der Waals surface area (Å²) in [6.07, 6.45) is -0.0410. The molecule has 0 heterocycles. The molecule has 2 aromatic carbocycles. The van der Waals surface area contributed by atoms with E-state index < -0.39 is 0 Å².